The van der Waals surface area contributed by atoms with Crippen LogP contribution >= 0.6 is 0 Å². The Kier molecular flexibility index (Phi) is 5.11. The van der Waals surface area contributed by atoms with Crippen LogP contribution in [-0.4, -0.2) is 22.1 Å². The quantitative estimate of drug-likeness (QED) is 0.503. The number of aromatic nitrogens is 1. The highest BCUT2D eigenvalue weighted by molar-refractivity contribution is 6.00. The Morgan fingerprint density at radius 3 is 2.71 bits per heavy atom. The van der Waals surface area contributed by atoms with Gasteiger partial charge in [0.15, 0.2) is 5.84 Å². The van der Waals surface area contributed by atoms with Crippen LogP contribution in [0, 0.1) is 13.8 Å². The lowest BCUT2D eigenvalue weighted by atomic mass is 10.2. The second-order valence-electron chi connectivity index (χ2n) is 6.25. The van der Waals surface area contributed by atoms with Crippen LogP contribution in [0.4, 0.5) is 0 Å². The number of nitrogens with zero attached hydrogens (tertiary/aromatic N) is 2. The summed E-state index contributed by atoms with van der Waals surface area (Å²) in [6.45, 7) is 3.92. The average molecular weight is 325 g/mol. The van der Waals surface area contributed by atoms with E-state index < -0.39 is 0 Å². The maximum Gasteiger partial charge on any atom is 0.230 e. The molecule has 0 amide bonds. The third-order valence-electron chi connectivity index (χ3n) is 4.20. The Balaban J connectivity index is 1.94. The molecule has 1 aliphatic carbocycles. The first kappa shape index (κ1) is 16.5. The normalized spacial score (nSPS) is 15.5. The van der Waals surface area contributed by atoms with E-state index in [1.54, 1.807) is 0 Å². The summed E-state index contributed by atoms with van der Waals surface area (Å²) in [6.07, 6.45) is 4.48. The number of aliphatic imine (C=N–C) groups is 1. The predicted octanol–water partition coefficient (Wildman–Crippen LogP) is 4.16. The first-order valence-electron chi connectivity index (χ1n) is 8.36. The molecule has 0 atom stereocenters. The Bertz CT molecular complexity index is 737. The molecule has 1 aromatic carbocycles. The average Bonchev–Trinajstić information content (AvgIpc) is 3.06. The van der Waals surface area contributed by atoms with Crippen molar-refractivity contribution in [2.75, 3.05) is 0 Å². The standard InChI is InChI=1S/C19H23N3O2/c1-13-6-5-9-16(12-13)24-19-17(11-10-14(2)20-19)18(22-23)21-15-7-3-4-8-15/h5-6,9-12,15,23H,3-4,7-8H2,1-2H3,(H,21,22). The molecule has 1 saturated carbocycles. The molecule has 24 heavy (non-hydrogen) atoms. The van der Waals surface area contributed by atoms with Crippen LogP contribution in [0.3, 0.4) is 0 Å². The molecular formula is C19H23N3O2. The summed E-state index contributed by atoms with van der Waals surface area (Å²) < 4.78 is 5.98. The number of hydrogen-bond acceptors (Lipinski definition) is 4. The van der Waals surface area contributed by atoms with Gasteiger partial charge in [-0.15, -0.1) is 0 Å². The molecule has 1 fully saturated rings. The van der Waals surface area contributed by atoms with Crippen LogP contribution in [0.25, 0.3) is 0 Å². The molecule has 5 nitrogen and oxygen atoms in total. The predicted molar refractivity (Wildman–Crippen MR) is 93.9 cm³/mol. The molecule has 1 aliphatic rings. The smallest absolute Gasteiger partial charge is 0.230 e. The minimum atomic E-state index is 0.243. The lowest BCUT2D eigenvalue weighted by Gasteiger charge is -2.14. The zero-order valence-electron chi connectivity index (χ0n) is 14.1. The summed E-state index contributed by atoms with van der Waals surface area (Å²) in [5.74, 6) is 1.57. The van der Waals surface area contributed by atoms with E-state index in [2.05, 4.69) is 15.5 Å². The molecule has 3 rings (SSSR count). The van der Waals surface area contributed by atoms with E-state index >= 15 is 0 Å². The van der Waals surface area contributed by atoms with Gasteiger partial charge >= 0.3 is 0 Å². The summed E-state index contributed by atoms with van der Waals surface area (Å²) in [5.41, 5.74) is 4.86. The van der Waals surface area contributed by atoms with Gasteiger partial charge in [0, 0.05) is 5.69 Å². The van der Waals surface area contributed by atoms with Crippen molar-refractivity contribution in [2.24, 2.45) is 4.99 Å². The number of ether oxygens (including phenoxy) is 1. The Morgan fingerprint density at radius 1 is 1.21 bits per heavy atom. The van der Waals surface area contributed by atoms with Crippen molar-refractivity contribution in [2.45, 2.75) is 45.6 Å². The largest absolute Gasteiger partial charge is 0.438 e. The fourth-order valence-electron chi connectivity index (χ4n) is 2.96. The molecule has 0 spiro atoms. The maximum absolute atomic E-state index is 9.58. The van der Waals surface area contributed by atoms with Gasteiger partial charge in [0.1, 0.15) is 5.75 Å². The van der Waals surface area contributed by atoms with E-state index in [1.165, 1.54) is 12.8 Å². The van der Waals surface area contributed by atoms with E-state index in [1.807, 2.05) is 50.2 Å². The molecule has 5 heteroatoms. The van der Waals surface area contributed by atoms with Crippen LogP contribution in [0.15, 0.2) is 41.4 Å². The highest BCUT2D eigenvalue weighted by Gasteiger charge is 2.18. The first-order valence-corrected chi connectivity index (χ1v) is 8.36. The summed E-state index contributed by atoms with van der Waals surface area (Å²) >= 11 is 0. The lowest BCUT2D eigenvalue weighted by molar-refractivity contribution is 0.233. The molecule has 126 valence electrons. The molecule has 2 N–H and O–H groups in total. The fourth-order valence-corrected chi connectivity index (χ4v) is 2.96. The SMILES string of the molecule is Cc1cccc(Oc2nc(C)ccc2C(=NC2CCCC2)NO)c1. The van der Waals surface area contributed by atoms with Gasteiger partial charge < -0.3 is 4.74 Å². The molecule has 1 heterocycles. The number of rotatable bonds is 4. The third-order valence-corrected chi connectivity index (χ3v) is 4.20. The van der Waals surface area contributed by atoms with Gasteiger partial charge in [-0.25, -0.2) is 4.98 Å². The number of benzene rings is 1. The van der Waals surface area contributed by atoms with Gasteiger partial charge in [0.05, 0.1) is 11.6 Å². The molecule has 2 aromatic rings. The number of aryl methyl sites for hydroxylation is 2. The summed E-state index contributed by atoms with van der Waals surface area (Å²) in [6, 6.07) is 11.8. The molecule has 0 bridgehead atoms. The molecular weight excluding hydrogens is 302 g/mol. The van der Waals surface area contributed by atoms with E-state index in [0.717, 1.165) is 24.1 Å². The van der Waals surface area contributed by atoms with E-state index in [-0.39, 0.29) is 6.04 Å². The Labute approximate surface area is 142 Å². The van der Waals surface area contributed by atoms with E-state index in [9.17, 15) is 5.21 Å². The van der Waals surface area contributed by atoms with Gasteiger partial charge in [-0.3, -0.25) is 15.7 Å². The minimum absolute atomic E-state index is 0.243. The van der Waals surface area contributed by atoms with Crippen LogP contribution in [0.1, 0.15) is 42.5 Å². The zero-order valence-corrected chi connectivity index (χ0v) is 14.1. The molecule has 1 aromatic heterocycles. The van der Waals surface area contributed by atoms with Crippen molar-refractivity contribution in [3.8, 4) is 11.6 Å². The van der Waals surface area contributed by atoms with Crippen molar-refractivity contribution in [3.05, 3.63) is 53.2 Å². The monoisotopic (exact) mass is 325 g/mol. The highest BCUT2D eigenvalue weighted by atomic mass is 16.5. The van der Waals surface area contributed by atoms with Crippen LogP contribution in [0.5, 0.6) is 11.6 Å². The summed E-state index contributed by atoms with van der Waals surface area (Å²) in [7, 11) is 0. The molecule has 0 radical (unpaired) electrons. The lowest BCUT2D eigenvalue weighted by Crippen LogP contribution is -2.23. The topological polar surface area (TPSA) is 66.7 Å². The fraction of sp³-hybridized carbons (Fsp3) is 0.368. The van der Waals surface area contributed by atoms with Crippen molar-refractivity contribution in [1.29, 1.82) is 0 Å². The number of nitrogens with one attached hydrogen (secondary N) is 1. The van der Waals surface area contributed by atoms with Crippen molar-refractivity contribution in [1.82, 2.24) is 10.5 Å². The third kappa shape index (κ3) is 3.92. The molecule has 0 unspecified atom stereocenters. The first-order chi connectivity index (χ1) is 11.7. The van der Waals surface area contributed by atoms with Gasteiger partial charge in [-0.1, -0.05) is 25.0 Å². The Morgan fingerprint density at radius 2 is 2.00 bits per heavy atom. The highest BCUT2D eigenvalue weighted by Crippen LogP contribution is 2.26. The van der Waals surface area contributed by atoms with Crippen LogP contribution in [0.2, 0.25) is 0 Å². The molecule has 0 aliphatic heterocycles. The van der Waals surface area contributed by atoms with Gasteiger partial charge in [0.2, 0.25) is 5.88 Å². The second kappa shape index (κ2) is 7.45. The van der Waals surface area contributed by atoms with Crippen LogP contribution in [-0.2, 0) is 0 Å². The van der Waals surface area contributed by atoms with Crippen molar-refractivity contribution < 1.29 is 9.94 Å². The van der Waals surface area contributed by atoms with Crippen molar-refractivity contribution >= 4 is 5.84 Å². The number of pyridine rings is 1. The van der Waals surface area contributed by atoms with Gasteiger partial charge in [0.25, 0.3) is 0 Å². The van der Waals surface area contributed by atoms with Gasteiger partial charge in [-0.2, -0.15) is 0 Å². The van der Waals surface area contributed by atoms with Crippen LogP contribution < -0.4 is 10.2 Å². The molecule has 0 saturated heterocycles. The zero-order chi connectivity index (χ0) is 16.9. The van der Waals surface area contributed by atoms with Gasteiger partial charge in [-0.05, 0) is 56.5 Å². The van der Waals surface area contributed by atoms with Crippen molar-refractivity contribution in [3.63, 3.8) is 0 Å². The Hall–Kier alpha value is -2.40. The summed E-state index contributed by atoms with van der Waals surface area (Å²) in [4.78, 5) is 9.14. The summed E-state index contributed by atoms with van der Waals surface area (Å²) in [5, 5.41) is 9.58. The number of hydrogen-bond donors (Lipinski definition) is 2. The number of amidine groups is 1. The second-order valence-corrected chi connectivity index (χ2v) is 6.25. The number of hydroxylamine groups is 1. The maximum atomic E-state index is 9.58. The minimum Gasteiger partial charge on any atom is -0.438 e. The van der Waals surface area contributed by atoms with E-state index in [0.29, 0.717) is 23.0 Å². The van der Waals surface area contributed by atoms with E-state index in [4.69, 9.17) is 4.74 Å².